The summed E-state index contributed by atoms with van der Waals surface area (Å²) in [5.41, 5.74) is 2.55. The number of carbonyl (C=O) groups excluding carboxylic acids is 1. The van der Waals surface area contributed by atoms with Crippen LogP contribution in [0.3, 0.4) is 0 Å². The number of hydrogen-bond donors (Lipinski definition) is 0. The van der Waals surface area contributed by atoms with Gasteiger partial charge in [0.25, 0.3) is 0 Å². The Morgan fingerprint density at radius 3 is 2.82 bits per heavy atom. The fourth-order valence-electron chi connectivity index (χ4n) is 1.72. The van der Waals surface area contributed by atoms with Crippen molar-refractivity contribution in [2.75, 3.05) is 0 Å². The highest BCUT2D eigenvalue weighted by molar-refractivity contribution is 6.30. The zero-order valence-corrected chi connectivity index (χ0v) is 10.2. The van der Waals surface area contributed by atoms with Crippen LogP contribution in [-0.4, -0.2) is 10.8 Å². The molecule has 0 saturated heterocycles. The van der Waals surface area contributed by atoms with Crippen LogP contribution in [0.5, 0.6) is 0 Å². The van der Waals surface area contributed by atoms with Crippen LogP contribution in [0.1, 0.15) is 21.5 Å². The van der Waals surface area contributed by atoms with Crippen LogP contribution in [-0.2, 0) is 6.42 Å². The maximum Gasteiger partial charge on any atom is 0.167 e. The molecule has 2 nitrogen and oxygen atoms in total. The maximum absolute atomic E-state index is 12.1. The zero-order chi connectivity index (χ0) is 12.3. The number of halogens is 1. The number of aryl methyl sites for hydroxylation is 1. The first-order chi connectivity index (χ1) is 8.16. The average molecular weight is 246 g/mol. The van der Waals surface area contributed by atoms with E-state index < -0.39 is 0 Å². The highest BCUT2D eigenvalue weighted by atomic mass is 35.5. The van der Waals surface area contributed by atoms with Gasteiger partial charge in [-0.15, -0.1) is 0 Å². The number of Topliss-reactive ketones (excluding diaryl/α,β-unsaturated/α-hetero) is 1. The van der Waals surface area contributed by atoms with E-state index >= 15 is 0 Å². The summed E-state index contributed by atoms with van der Waals surface area (Å²) in [6.07, 6.45) is 3.78. The molecule has 0 aliphatic rings. The fraction of sp³-hybridized carbons (Fsp3) is 0.143. The largest absolute Gasteiger partial charge is 0.294 e. The molecule has 0 atom stereocenters. The van der Waals surface area contributed by atoms with E-state index in [1.807, 2.05) is 19.1 Å². The highest BCUT2D eigenvalue weighted by Crippen LogP contribution is 2.17. The Morgan fingerprint density at radius 1 is 1.35 bits per heavy atom. The zero-order valence-electron chi connectivity index (χ0n) is 9.48. The third-order valence-electron chi connectivity index (χ3n) is 2.58. The molecule has 0 N–H and O–H groups in total. The molecular formula is C14H12ClNO. The lowest BCUT2D eigenvalue weighted by molar-refractivity contribution is 0.0992. The molecule has 0 spiro atoms. The van der Waals surface area contributed by atoms with Gasteiger partial charge in [0.2, 0.25) is 0 Å². The van der Waals surface area contributed by atoms with Crippen molar-refractivity contribution in [3.8, 4) is 0 Å². The number of rotatable bonds is 3. The predicted octanol–water partition coefficient (Wildman–Crippen LogP) is 3.47. The van der Waals surface area contributed by atoms with Gasteiger partial charge in [0.05, 0.1) is 0 Å². The molecule has 0 radical (unpaired) electrons. The van der Waals surface area contributed by atoms with Gasteiger partial charge < -0.3 is 0 Å². The molecule has 2 rings (SSSR count). The van der Waals surface area contributed by atoms with E-state index in [1.54, 1.807) is 30.6 Å². The summed E-state index contributed by atoms with van der Waals surface area (Å²) in [6, 6.07) is 9.05. The van der Waals surface area contributed by atoms with Crippen LogP contribution in [0.4, 0.5) is 0 Å². The molecule has 0 aliphatic carbocycles. The molecule has 86 valence electrons. The van der Waals surface area contributed by atoms with Gasteiger partial charge in [-0.3, -0.25) is 9.78 Å². The van der Waals surface area contributed by atoms with Gasteiger partial charge in [-0.1, -0.05) is 17.7 Å². The Hall–Kier alpha value is -1.67. The summed E-state index contributed by atoms with van der Waals surface area (Å²) in [6.45, 7) is 1.89. The molecule has 0 amide bonds. The second kappa shape index (κ2) is 5.11. The molecule has 2 aromatic rings. The van der Waals surface area contributed by atoms with E-state index in [4.69, 9.17) is 11.6 Å². The van der Waals surface area contributed by atoms with E-state index in [0.29, 0.717) is 11.4 Å². The minimum atomic E-state index is 0.0900. The third-order valence-corrected chi connectivity index (χ3v) is 2.81. The molecular weight excluding hydrogens is 234 g/mol. The lowest BCUT2D eigenvalue weighted by Crippen LogP contribution is -2.05. The van der Waals surface area contributed by atoms with Crippen LogP contribution in [0.25, 0.3) is 0 Å². The van der Waals surface area contributed by atoms with E-state index in [2.05, 4.69) is 4.98 Å². The minimum absolute atomic E-state index is 0.0900. The van der Waals surface area contributed by atoms with E-state index in [-0.39, 0.29) is 5.78 Å². The summed E-state index contributed by atoms with van der Waals surface area (Å²) in [4.78, 5) is 16.1. The number of pyridine rings is 1. The molecule has 17 heavy (non-hydrogen) atoms. The smallest absolute Gasteiger partial charge is 0.167 e. The first-order valence-corrected chi connectivity index (χ1v) is 5.73. The highest BCUT2D eigenvalue weighted by Gasteiger charge is 2.10. The van der Waals surface area contributed by atoms with Crippen molar-refractivity contribution in [3.05, 3.63) is 64.4 Å². The molecule has 0 bridgehead atoms. The van der Waals surface area contributed by atoms with Gasteiger partial charge in [-0.2, -0.15) is 0 Å². The van der Waals surface area contributed by atoms with Gasteiger partial charge in [0.15, 0.2) is 5.78 Å². The molecule has 1 heterocycles. The van der Waals surface area contributed by atoms with E-state index in [9.17, 15) is 4.79 Å². The van der Waals surface area contributed by atoms with Crippen molar-refractivity contribution >= 4 is 17.4 Å². The number of nitrogens with zero attached hydrogens (tertiary/aromatic N) is 1. The van der Waals surface area contributed by atoms with Gasteiger partial charge in [-0.05, 0) is 42.3 Å². The molecule has 0 saturated carbocycles. The molecule has 0 aliphatic heterocycles. The second-order valence-corrected chi connectivity index (χ2v) is 4.36. The number of carbonyl (C=O) groups is 1. The Labute approximate surface area is 105 Å². The van der Waals surface area contributed by atoms with Gasteiger partial charge >= 0.3 is 0 Å². The molecule has 1 aromatic carbocycles. The van der Waals surface area contributed by atoms with Gasteiger partial charge in [0.1, 0.15) is 0 Å². The standard InChI is InChI=1S/C14H12ClNO/c1-10-7-12(15)4-5-13(10)14(17)8-11-3-2-6-16-9-11/h2-7,9H,8H2,1H3. The van der Waals surface area contributed by atoms with Crippen molar-refractivity contribution in [1.29, 1.82) is 0 Å². The summed E-state index contributed by atoms with van der Waals surface area (Å²) in [5, 5.41) is 0.653. The predicted molar refractivity (Wildman–Crippen MR) is 68.5 cm³/mol. The number of aromatic nitrogens is 1. The van der Waals surface area contributed by atoms with Crippen LogP contribution in [0, 0.1) is 6.92 Å². The summed E-state index contributed by atoms with van der Waals surface area (Å²) < 4.78 is 0. The Bertz CT molecular complexity index is 537. The normalized spacial score (nSPS) is 10.2. The summed E-state index contributed by atoms with van der Waals surface area (Å²) in [7, 11) is 0. The van der Waals surface area contributed by atoms with Crippen molar-refractivity contribution in [2.45, 2.75) is 13.3 Å². The lowest BCUT2D eigenvalue weighted by Gasteiger charge is -2.05. The van der Waals surface area contributed by atoms with Crippen molar-refractivity contribution < 1.29 is 4.79 Å². The SMILES string of the molecule is Cc1cc(Cl)ccc1C(=O)Cc1cccnc1. The minimum Gasteiger partial charge on any atom is -0.294 e. The van der Waals surface area contributed by atoms with E-state index in [0.717, 1.165) is 16.7 Å². The van der Waals surface area contributed by atoms with Crippen LogP contribution >= 0.6 is 11.6 Å². The van der Waals surface area contributed by atoms with Crippen molar-refractivity contribution in [2.24, 2.45) is 0 Å². The number of benzene rings is 1. The van der Waals surface area contributed by atoms with Crippen LogP contribution in [0.15, 0.2) is 42.7 Å². The van der Waals surface area contributed by atoms with Crippen LogP contribution < -0.4 is 0 Å². The molecule has 0 fully saturated rings. The monoisotopic (exact) mass is 245 g/mol. The second-order valence-electron chi connectivity index (χ2n) is 3.92. The van der Waals surface area contributed by atoms with Gasteiger partial charge in [-0.25, -0.2) is 0 Å². The van der Waals surface area contributed by atoms with Crippen molar-refractivity contribution in [1.82, 2.24) is 4.98 Å². The quantitative estimate of drug-likeness (QED) is 0.775. The fourth-order valence-corrected chi connectivity index (χ4v) is 1.95. The maximum atomic E-state index is 12.1. The first kappa shape index (κ1) is 11.8. The van der Waals surface area contributed by atoms with E-state index in [1.165, 1.54) is 0 Å². The third kappa shape index (κ3) is 2.92. The van der Waals surface area contributed by atoms with Crippen LogP contribution in [0.2, 0.25) is 5.02 Å². The summed E-state index contributed by atoms with van der Waals surface area (Å²) >= 11 is 5.86. The molecule has 1 aromatic heterocycles. The number of hydrogen-bond acceptors (Lipinski definition) is 2. The number of ketones is 1. The lowest BCUT2D eigenvalue weighted by atomic mass is 10.0. The van der Waals surface area contributed by atoms with Gasteiger partial charge in [0, 0.05) is 29.4 Å². The Kier molecular flexibility index (Phi) is 3.55. The topological polar surface area (TPSA) is 30.0 Å². The Morgan fingerprint density at radius 2 is 2.18 bits per heavy atom. The molecule has 3 heteroatoms. The van der Waals surface area contributed by atoms with Crippen molar-refractivity contribution in [3.63, 3.8) is 0 Å². The molecule has 0 unspecified atom stereocenters. The average Bonchev–Trinajstić information content (AvgIpc) is 2.30. The first-order valence-electron chi connectivity index (χ1n) is 5.35. The summed E-state index contributed by atoms with van der Waals surface area (Å²) in [5.74, 6) is 0.0900. The Balaban J connectivity index is 2.21.